The van der Waals surface area contributed by atoms with Gasteiger partial charge >= 0.3 is 5.69 Å². The molecule has 2 heterocycles. The first kappa shape index (κ1) is 14.7. The van der Waals surface area contributed by atoms with Crippen LogP contribution in [0.3, 0.4) is 0 Å². The second-order valence-corrected chi connectivity index (χ2v) is 4.71. The molecule has 0 aliphatic rings. The lowest BCUT2D eigenvalue weighted by Gasteiger charge is -2.05. The number of nitrogens with zero attached hydrogens (tertiary/aromatic N) is 5. The molecule has 1 N–H and O–H groups in total. The number of aromatic nitrogens is 4. The van der Waals surface area contributed by atoms with Crippen LogP contribution in [0.15, 0.2) is 12.4 Å². The van der Waals surface area contributed by atoms with E-state index in [0.29, 0.717) is 6.54 Å². The molecule has 0 fully saturated rings. The minimum absolute atomic E-state index is 0.0615. The smallest absolute Gasteiger partial charge is 0.309 e. The fraction of sp³-hybridized carbons (Fsp3) is 0.417. The highest BCUT2D eigenvalue weighted by Crippen LogP contribution is 2.14. The molecular weight excluding hydrogens is 276 g/mol. The molecule has 21 heavy (non-hydrogen) atoms. The number of carbonyl (C=O) groups is 1. The van der Waals surface area contributed by atoms with Crippen LogP contribution in [-0.2, 0) is 24.9 Å². The predicted octanol–water partition coefficient (Wildman–Crippen LogP) is 0.458. The zero-order valence-electron chi connectivity index (χ0n) is 12.0. The van der Waals surface area contributed by atoms with E-state index in [1.807, 2.05) is 14.0 Å². The minimum atomic E-state index is -0.518. The van der Waals surface area contributed by atoms with Gasteiger partial charge in [0.15, 0.2) is 0 Å². The minimum Gasteiger partial charge on any atom is -0.350 e. The molecule has 0 atom stereocenters. The maximum atomic E-state index is 11.8. The SMILES string of the molecule is Cc1nn(CC(=O)NCc2cnn(C)c2C)cc1[N+](=O)[O-]. The van der Waals surface area contributed by atoms with E-state index in [1.54, 1.807) is 10.9 Å². The summed E-state index contributed by atoms with van der Waals surface area (Å²) in [6, 6.07) is 0. The first-order chi connectivity index (χ1) is 9.88. The molecule has 0 aliphatic heterocycles. The highest BCUT2D eigenvalue weighted by atomic mass is 16.6. The molecule has 2 aromatic rings. The van der Waals surface area contributed by atoms with E-state index in [1.165, 1.54) is 17.8 Å². The standard InChI is InChI=1S/C12H16N6O3/c1-8-11(18(20)21)6-17(15-8)7-12(19)13-4-10-5-14-16(3)9(10)2/h5-6H,4,7H2,1-3H3,(H,13,19). The summed E-state index contributed by atoms with van der Waals surface area (Å²) >= 11 is 0. The van der Waals surface area contributed by atoms with Gasteiger partial charge < -0.3 is 5.32 Å². The van der Waals surface area contributed by atoms with Gasteiger partial charge in [-0.3, -0.25) is 24.3 Å². The zero-order valence-corrected chi connectivity index (χ0v) is 12.0. The number of rotatable bonds is 5. The molecule has 2 aromatic heterocycles. The number of nitro groups is 1. The Bertz CT molecular complexity index is 687. The van der Waals surface area contributed by atoms with E-state index in [0.717, 1.165) is 11.3 Å². The zero-order chi connectivity index (χ0) is 15.6. The van der Waals surface area contributed by atoms with Crippen LogP contribution in [0.1, 0.15) is 17.0 Å². The summed E-state index contributed by atoms with van der Waals surface area (Å²) in [5.74, 6) is -0.268. The van der Waals surface area contributed by atoms with Gasteiger partial charge in [0.1, 0.15) is 18.4 Å². The molecule has 0 saturated carbocycles. The number of nitrogens with one attached hydrogen (secondary N) is 1. The van der Waals surface area contributed by atoms with E-state index in [-0.39, 0.29) is 23.8 Å². The average molecular weight is 292 g/mol. The van der Waals surface area contributed by atoms with Crippen molar-refractivity contribution in [1.29, 1.82) is 0 Å². The van der Waals surface area contributed by atoms with E-state index in [9.17, 15) is 14.9 Å². The molecule has 0 bridgehead atoms. The highest BCUT2D eigenvalue weighted by molar-refractivity contribution is 5.75. The third kappa shape index (κ3) is 3.25. The fourth-order valence-corrected chi connectivity index (χ4v) is 1.88. The molecule has 2 rings (SSSR count). The molecule has 1 amide bonds. The van der Waals surface area contributed by atoms with Crippen LogP contribution < -0.4 is 5.32 Å². The van der Waals surface area contributed by atoms with Crippen molar-refractivity contribution in [3.8, 4) is 0 Å². The largest absolute Gasteiger partial charge is 0.350 e. The topological polar surface area (TPSA) is 108 Å². The molecule has 112 valence electrons. The van der Waals surface area contributed by atoms with Crippen molar-refractivity contribution in [3.63, 3.8) is 0 Å². The number of aryl methyl sites for hydroxylation is 2. The summed E-state index contributed by atoms with van der Waals surface area (Å²) in [4.78, 5) is 22.0. The van der Waals surface area contributed by atoms with Gasteiger partial charge in [0.2, 0.25) is 5.91 Å². The molecule has 0 aliphatic carbocycles. The van der Waals surface area contributed by atoms with Gasteiger partial charge in [0.05, 0.1) is 11.1 Å². The van der Waals surface area contributed by atoms with E-state index < -0.39 is 4.92 Å². The highest BCUT2D eigenvalue weighted by Gasteiger charge is 2.16. The quantitative estimate of drug-likeness (QED) is 0.636. The van der Waals surface area contributed by atoms with Crippen molar-refractivity contribution in [2.75, 3.05) is 0 Å². The molecule has 0 unspecified atom stereocenters. The third-order valence-electron chi connectivity index (χ3n) is 3.24. The Labute approximate surface area is 120 Å². The maximum Gasteiger partial charge on any atom is 0.309 e. The van der Waals surface area contributed by atoms with Crippen molar-refractivity contribution in [2.45, 2.75) is 26.9 Å². The summed E-state index contributed by atoms with van der Waals surface area (Å²) in [5, 5.41) is 21.5. The molecule has 9 nitrogen and oxygen atoms in total. The van der Waals surface area contributed by atoms with Crippen LogP contribution in [0.25, 0.3) is 0 Å². The summed E-state index contributed by atoms with van der Waals surface area (Å²) in [6.45, 7) is 3.75. The molecular formula is C12H16N6O3. The van der Waals surface area contributed by atoms with Crippen LogP contribution in [0.4, 0.5) is 5.69 Å². The van der Waals surface area contributed by atoms with Crippen LogP contribution in [0.2, 0.25) is 0 Å². The summed E-state index contributed by atoms with van der Waals surface area (Å²) in [5.41, 5.74) is 2.09. The lowest BCUT2D eigenvalue weighted by atomic mass is 10.2. The Morgan fingerprint density at radius 2 is 2.19 bits per heavy atom. The molecule has 0 aromatic carbocycles. The van der Waals surface area contributed by atoms with Gasteiger partial charge in [-0.1, -0.05) is 0 Å². The second-order valence-electron chi connectivity index (χ2n) is 4.71. The van der Waals surface area contributed by atoms with Crippen molar-refractivity contribution < 1.29 is 9.72 Å². The summed E-state index contributed by atoms with van der Waals surface area (Å²) in [7, 11) is 1.83. The maximum absolute atomic E-state index is 11.8. The van der Waals surface area contributed by atoms with E-state index in [4.69, 9.17) is 0 Å². The molecule has 0 saturated heterocycles. The van der Waals surface area contributed by atoms with E-state index >= 15 is 0 Å². The lowest BCUT2D eigenvalue weighted by molar-refractivity contribution is -0.385. The number of amides is 1. The van der Waals surface area contributed by atoms with Gasteiger partial charge in [0.25, 0.3) is 0 Å². The predicted molar refractivity (Wildman–Crippen MR) is 73.4 cm³/mol. The first-order valence-corrected chi connectivity index (χ1v) is 6.31. The number of hydrogen-bond acceptors (Lipinski definition) is 5. The van der Waals surface area contributed by atoms with Crippen LogP contribution in [-0.4, -0.2) is 30.4 Å². The molecule has 0 spiro atoms. The summed E-state index contributed by atoms with van der Waals surface area (Å²) < 4.78 is 2.99. The van der Waals surface area contributed by atoms with Crippen LogP contribution in [0, 0.1) is 24.0 Å². The Balaban J connectivity index is 1.94. The van der Waals surface area contributed by atoms with Crippen LogP contribution >= 0.6 is 0 Å². The normalized spacial score (nSPS) is 10.6. The number of carbonyl (C=O) groups excluding carboxylic acids is 1. The third-order valence-corrected chi connectivity index (χ3v) is 3.24. The fourth-order valence-electron chi connectivity index (χ4n) is 1.88. The van der Waals surface area contributed by atoms with Gasteiger partial charge in [-0.15, -0.1) is 0 Å². The van der Waals surface area contributed by atoms with Crippen molar-refractivity contribution in [1.82, 2.24) is 24.9 Å². The van der Waals surface area contributed by atoms with Crippen LogP contribution in [0.5, 0.6) is 0 Å². The first-order valence-electron chi connectivity index (χ1n) is 6.31. The number of hydrogen-bond donors (Lipinski definition) is 1. The average Bonchev–Trinajstić information content (AvgIpc) is 2.92. The van der Waals surface area contributed by atoms with Crippen molar-refractivity contribution in [3.05, 3.63) is 39.5 Å². The van der Waals surface area contributed by atoms with Gasteiger partial charge in [0, 0.05) is 24.8 Å². The lowest BCUT2D eigenvalue weighted by Crippen LogP contribution is -2.27. The van der Waals surface area contributed by atoms with E-state index in [2.05, 4.69) is 15.5 Å². The van der Waals surface area contributed by atoms with Gasteiger partial charge in [-0.2, -0.15) is 10.2 Å². The van der Waals surface area contributed by atoms with Gasteiger partial charge in [-0.05, 0) is 13.8 Å². The van der Waals surface area contributed by atoms with Gasteiger partial charge in [-0.25, -0.2) is 0 Å². The Morgan fingerprint density at radius 1 is 1.48 bits per heavy atom. The molecule has 0 radical (unpaired) electrons. The Hall–Kier alpha value is -2.71. The Kier molecular flexibility index (Phi) is 4.01. The monoisotopic (exact) mass is 292 g/mol. The Morgan fingerprint density at radius 3 is 2.71 bits per heavy atom. The van der Waals surface area contributed by atoms with Crippen molar-refractivity contribution >= 4 is 11.6 Å². The molecule has 9 heteroatoms. The van der Waals surface area contributed by atoms with Crippen molar-refractivity contribution in [2.24, 2.45) is 7.05 Å². The summed E-state index contributed by atoms with van der Waals surface area (Å²) in [6.07, 6.45) is 2.95. The second kappa shape index (κ2) is 5.73.